The number of nitrogens with zero attached hydrogens (tertiary/aromatic N) is 5. The number of aliphatic hydroxyl groups excluding tert-OH is 2. The molecule has 10 fully saturated rings. The third kappa shape index (κ3) is 14.0. The number of alkyl halides is 1. The number of rotatable bonds is 10. The molecular weight excluding hydrogens is 826 g/mol. The number of likely N-dealkylation sites (tertiary alicyclic amines) is 5. The average molecular weight is 924 g/mol. The highest BCUT2D eigenvalue weighted by atomic mass is 19.1. The fourth-order valence-electron chi connectivity index (χ4n) is 15.7. The van der Waals surface area contributed by atoms with E-state index in [1.54, 1.807) is 0 Å². The van der Waals surface area contributed by atoms with Crippen molar-refractivity contribution >= 4 is 12.3 Å². The van der Waals surface area contributed by atoms with Gasteiger partial charge in [0.15, 0.2) is 0 Å². The van der Waals surface area contributed by atoms with Crippen molar-refractivity contribution < 1.29 is 24.2 Å². The van der Waals surface area contributed by atoms with Crippen LogP contribution < -0.4 is 0 Å². The Morgan fingerprint density at radius 2 is 1.08 bits per heavy atom. The third-order valence-corrected chi connectivity index (χ3v) is 19.8. The molecule has 0 radical (unpaired) electrons. The number of hydrogen-bond acceptors (Lipinski definition) is 7. The van der Waals surface area contributed by atoms with E-state index >= 15 is 0 Å². The van der Waals surface area contributed by atoms with E-state index in [4.69, 9.17) is 0 Å². The van der Waals surface area contributed by atoms with E-state index in [1.165, 1.54) is 148 Å². The summed E-state index contributed by atoms with van der Waals surface area (Å²) in [5.41, 5.74) is 0. The molecule has 5 saturated heterocycles. The summed E-state index contributed by atoms with van der Waals surface area (Å²) in [7, 11) is 0. The second kappa shape index (κ2) is 25.7. The van der Waals surface area contributed by atoms with E-state index in [2.05, 4.69) is 26.5 Å². The molecule has 0 bridgehead atoms. The topological polar surface area (TPSA) is 90.8 Å². The lowest BCUT2D eigenvalue weighted by atomic mass is 9.77. The Balaban J connectivity index is 0.000000147. The van der Waals surface area contributed by atoms with Crippen molar-refractivity contribution in [1.29, 1.82) is 0 Å². The fraction of sp³-hybridized carbons (Fsp3) is 0.964. The Morgan fingerprint density at radius 1 is 0.561 bits per heavy atom. The summed E-state index contributed by atoms with van der Waals surface area (Å²) in [6.45, 7) is 12.2. The standard InChI is InChI=1S/C27H47N3O2.C16H28FN.C13H23NO2/c31-24-10-8-21(9-11-24)20-30-25-7-3-2-6-23(25)18-26(30)27(32)29-16-12-22(13-17-29)19-28-14-4-1-5-15-28;1-12-10-14-4-2-3-5-16(14)18(12)11-13-6-8-15(17)9-7-13;15-10-14-8-6-12(7-9-14)13(16)11-4-2-1-3-5-11/h21-26,31H,1-20H2;12-16H,2-11H2,1H3;10-13,16H,1-9H2. The van der Waals surface area contributed by atoms with Crippen LogP contribution in [0, 0.1) is 41.4 Å². The van der Waals surface area contributed by atoms with Crippen LogP contribution in [-0.4, -0.2) is 148 Å². The van der Waals surface area contributed by atoms with Crippen molar-refractivity contribution in [2.24, 2.45) is 41.4 Å². The number of carbonyl (C=O) groups excluding carboxylic acids is 2. The van der Waals surface area contributed by atoms with Gasteiger partial charge >= 0.3 is 0 Å². The van der Waals surface area contributed by atoms with Crippen molar-refractivity contribution in [3.05, 3.63) is 0 Å². The second-order valence-corrected chi connectivity index (χ2v) is 24.2. The number of aliphatic hydroxyl groups is 2. The van der Waals surface area contributed by atoms with Crippen molar-refractivity contribution in [1.82, 2.24) is 24.5 Å². The van der Waals surface area contributed by atoms with Crippen molar-refractivity contribution in [3.8, 4) is 0 Å². The molecule has 5 aliphatic heterocycles. The summed E-state index contributed by atoms with van der Waals surface area (Å²) in [6.07, 6.45) is 36.7. The lowest BCUT2D eigenvalue weighted by molar-refractivity contribution is -0.138. The first kappa shape index (κ1) is 51.0. The zero-order valence-corrected chi connectivity index (χ0v) is 42.1. The summed E-state index contributed by atoms with van der Waals surface area (Å²) >= 11 is 0. The van der Waals surface area contributed by atoms with Crippen molar-refractivity contribution in [2.75, 3.05) is 58.9 Å². The summed E-state index contributed by atoms with van der Waals surface area (Å²) < 4.78 is 13.2. The molecule has 0 aromatic heterocycles. The summed E-state index contributed by atoms with van der Waals surface area (Å²) in [5, 5.41) is 20.3. The average Bonchev–Trinajstić information content (AvgIpc) is 3.89. The largest absolute Gasteiger partial charge is 0.393 e. The number of piperidine rings is 3. The molecule has 0 aromatic rings. The van der Waals surface area contributed by atoms with E-state index in [0.717, 1.165) is 146 Å². The van der Waals surface area contributed by atoms with Gasteiger partial charge in [0, 0.05) is 63.9 Å². The number of fused-ring (bicyclic) bond motifs is 2. The highest BCUT2D eigenvalue weighted by Crippen LogP contribution is 2.43. The van der Waals surface area contributed by atoms with Crippen LogP contribution in [0.5, 0.6) is 0 Å². The third-order valence-electron chi connectivity index (χ3n) is 19.8. The summed E-state index contributed by atoms with van der Waals surface area (Å²) in [4.78, 5) is 36.6. The Hall–Kier alpha value is -1.33. The van der Waals surface area contributed by atoms with E-state index < -0.39 is 6.17 Å². The first-order valence-electron chi connectivity index (χ1n) is 28.9. The number of amides is 2. The maximum atomic E-state index is 13.8. The van der Waals surface area contributed by atoms with Gasteiger partial charge in [0.1, 0.15) is 6.17 Å². The highest BCUT2D eigenvalue weighted by Gasteiger charge is 2.47. The van der Waals surface area contributed by atoms with Crippen LogP contribution in [0.2, 0.25) is 0 Å². The van der Waals surface area contributed by atoms with Gasteiger partial charge in [-0.05, 0) is 203 Å². The fourth-order valence-corrected chi connectivity index (χ4v) is 15.7. The highest BCUT2D eigenvalue weighted by molar-refractivity contribution is 5.82. The summed E-state index contributed by atoms with van der Waals surface area (Å²) in [6, 6.07) is 2.42. The molecule has 66 heavy (non-hydrogen) atoms. The zero-order valence-electron chi connectivity index (χ0n) is 42.1. The Labute approximate surface area is 402 Å². The van der Waals surface area contributed by atoms with E-state index in [0.29, 0.717) is 29.7 Å². The maximum Gasteiger partial charge on any atom is 0.239 e. The lowest BCUT2D eigenvalue weighted by Crippen LogP contribution is -2.52. The molecule has 0 aromatic carbocycles. The lowest BCUT2D eigenvalue weighted by Gasteiger charge is -2.40. The second-order valence-electron chi connectivity index (χ2n) is 24.2. The molecule has 5 aliphatic carbocycles. The summed E-state index contributed by atoms with van der Waals surface area (Å²) in [5.74, 6) is 5.36. The van der Waals surface area contributed by atoms with Crippen molar-refractivity contribution in [3.63, 3.8) is 0 Å². The van der Waals surface area contributed by atoms with Crippen LogP contribution in [-0.2, 0) is 9.59 Å². The predicted molar refractivity (Wildman–Crippen MR) is 265 cm³/mol. The molecule has 7 unspecified atom stereocenters. The Kier molecular flexibility index (Phi) is 19.9. The predicted octanol–water partition coefficient (Wildman–Crippen LogP) is 9.86. The molecule has 10 heteroatoms. The van der Waals surface area contributed by atoms with Gasteiger partial charge in [-0.1, -0.05) is 51.4 Å². The van der Waals surface area contributed by atoms with Gasteiger partial charge < -0.3 is 24.9 Å². The van der Waals surface area contributed by atoms with Crippen LogP contribution in [0.25, 0.3) is 0 Å². The van der Waals surface area contributed by atoms with Gasteiger partial charge in [-0.15, -0.1) is 0 Å². The monoisotopic (exact) mass is 924 g/mol. The SMILES string of the molecule is CC1CC2CCCCC2N1CC1CCC(F)CC1.O=C(C1CC2CCCCC2N1CC1CCC(O)CC1)N1CCC(CN2CCCCC2)CC1.O=CN1CCC(C(O)C2CCCCC2)CC1. The van der Waals surface area contributed by atoms with Crippen LogP contribution in [0.15, 0.2) is 0 Å². The Morgan fingerprint density at radius 3 is 1.71 bits per heavy atom. The molecule has 7 atom stereocenters. The maximum absolute atomic E-state index is 13.8. The van der Waals surface area contributed by atoms with Gasteiger partial charge in [-0.25, -0.2) is 4.39 Å². The smallest absolute Gasteiger partial charge is 0.239 e. The number of carbonyl (C=O) groups is 2. The van der Waals surface area contributed by atoms with Crippen LogP contribution in [0.4, 0.5) is 4.39 Å². The van der Waals surface area contributed by atoms with Crippen LogP contribution in [0.1, 0.15) is 200 Å². The Bertz CT molecular complexity index is 1410. The van der Waals surface area contributed by atoms with Gasteiger partial charge in [0.05, 0.1) is 18.2 Å². The molecule has 2 N–H and O–H groups in total. The van der Waals surface area contributed by atoms with Crippen LogP contribution in [0.3, 0.4) is 0 Å². The van der Waals surface area contributed by atoms with Gasteiger partial charge in [0.25, 0.3) is 0 Å². The van der Waals surface area contributed by atoms with Gasteiger partial charge in [0.2, 0.25) is 12.3 Å². The first-order valence-corrected chi connectivity index (χ1v) is 28.9. The van der Waals surface area contributed by atoms with E-state index in [-0.39, 0.29) is 18.2 Å². The zero-order chi connectivity index (χ0) is 45.8. The van der Waals surface area contributed by atoms with Gasteiger partial charge in [-0.2, -0.15) is 0 Å². The van der Waals surface area contributed by atoms with E-state index in [1.807, 2.05) is 4.90 Å². The molecule has 2 amide bonds. The van der Waals surface area contributed by atoms with Crippen molar-refractivity contribution in [2.45, 2.75) is 242 Å². The molecule has 0 spiro atoms. The number of halogens is 1. The quantitative estimate of drug-likeness (QED) is 0.211. The van der Waals surface area contributed by atoms with Gasteiger partial charge in [-0.3, -0.25) is 19.4 Å². The normalized spacial score (nSPS) is 37.5. The molecule has 10 rings (SSSR count). The molecule has 5 saturated carbocycles. The minimum absolute atomic E-state index is 0.0871. The molecule has 10 aliphatic rings. The molecule has 9 nitrogen and oxygen atoms in total. The molecular formula is C56H98FN5O4. The first-order chi connectivity index (χ1) is 32.2. The minimum atomic E-state index is -0.500. The molecule has 5 heterocycles. The van der Waals surface area contributed by atoms with Crippen LogP contribution >= 0.6 is 0 Å². The molecule has 378 valence electrons. The van der Waals surface area contributed by atoms with E-state index in [9.17, 15) is 24.2 Å². The minimum Gasteiger partial charge on any atom is -0.393 e. The number of hydrogen-bond donors (Lipinski definition) is 2.